The first-order valence-corrected chi connectivity index (χ1v) is 13.1. The first kappa shape index (κ1) is 23.4. The molecule has 0 fully saturated rings. The number of hydrogen-bond acceptors (Lipinski definition) is 5. The fourth-order valence-corrected chi connectivity index (χ4v) is 6.03. The molecule has 0 spiro atoms. The van der Waals surface area contributed by atoms with Gasteiger partial charge in [0.1, 0.15) is 5.75 Å². The van der Waals surface area contributed by atoms with Crippen molar-refractivity contribution in [1.82, 2.24) is 4.31 Å². The molecule has 0 amide bonds. The summed E-state index contributed by atoms with van der Waals surface area (Å²) in [6.45, 7) is 5.61. The third-order valence-corrected chi connectivity index (χ3v) is 8.11. The number of thioether (sulfide) groups is 1. The SMILES string of the molecule is CCCCC1(CCCC)CN(c2ccccc2)c2cc(SC)c(OC)cc2SN1C. The maximum absolute atomic E-state index is 5.73. The summed E-state index contributed by atoms with van der Waals surface area (Å²) >= 11 is 3.64. The minimum absolute atomic E-state index is 0.137. The lowest BCUT2D eigenvalue weighted by atomic mass is 9.86. The van der Waals surface area contributed by atoms with E-state index in [4.69, 9.17) is 4.74 Å². The van der Waals surface area contributed by atoms with Gasteiger partial charge in [0.15, 0.2) is 0 Å². The van der Waals surface area contributed by atoms with E-state index in [-0.39, 0.29) is 5.54 Å². The van der Waals surface area contributed by atoms with Gasteiger partial charge >= 0.3 is 0 Å². The number of unbranched alkanes of at least 4 members (excludes halogenated alkanes) is 2. The summed E-state index contributed by atoms with van der Waals surface area (Å²) in [4.78, 5) is 5.01. The molecule has 0 bridgehead atoms. The van der Waals surface area contributed by atoms with Crippen LogP contribution in [0.4, 0.5) is 11.4 Å². The van der Waals surface area contributed by atoms with E-state index < -0.39 is 0 Å². The fourth-order valence-electron chi connectivity index (χ4n) is 4.31. The van der Waals surface area contributed by atoms with Crippen LogP contribution in [0, 0.1) is 0 Å². The molecule has 0 saturated carbocycles. The number of rotatable bonds is 9. The molecule has 1 aliphatic rings. The van der Waals surface area contributed by atoms with Crippen LogP contribution in [0.3, 0.4) is 0 Å². The van der Waals surface area contributed by atoms with Gasteiger partial charge in [-0.05, 0) is 62.4 Å². The van der Waals surface area contributed by atoms with E-state index in [1.165, 1.54) is 59.7 Å². The Hall–Kier alpha value is -1.30. The molecule has 2 aromatic carbocycles. The topological polar surface area (TPSA) is 15.7 Å². The van der Waals surface area contributed by atoms with E-state index in [1.807, 2.05) is 11.9 Å². The molecule has 0 unspecified atom stereocenters. The lowest BCUT2D eigenvalue weighted by Gasteiger charge is -2.42. The van der Waals surface area contributed by atoms with Crippen molar-refractivity contribution in [2.45, 2.75) is 67.7 Å². The van der Waals surface area contributed by atoms with Crippen molar-refractivity contribution >= 4 is 35.1 Å². The summed E-state index contributed by atoms with van der Waals surface area (Å²) < 4.78 is 8.28. The molecular weight excluding hydrogens is 408 g/mol. The van der Waals surface area contributed by atoms with Gasteiger partial charge in [-0.1, -0.05) is 57.7 Å². The van der Waals surface area contributed by atoms with Crippen molar-refractivity contribution in [3.8, 4) is 5.75 Å². The van der Waals surface area contributed by atoms with Crippen LogP contribution in [0.25, 0.3) is 0 Å². The van der Waals surface area contributed by atoms with Gasteiger partial charge in [0.25, 0.3) is 0 Å². The van der Waals surface area contributed by atoms with E-state index in [0.717, 1.165) is 12.3 Å². The zero-order valence-electron chi connectivity index (χ0n) is 19.1. The van der Waals surface area contributed by atoms with Gasteiger partial charge in [-0.15, -0.1) is 11.8 Å². The number of benzene rings is 2. The minimum atomic E-state index is 0.137. The average Bonchev–Trinajstić information content (AvgIpc) is 2.90. The van der Waals surface area contributed by atoms with Crippen LogP contribution >= 0.6 is 23.7 Å². The van der Waals surface area contributed by atoms with Gasteiger partial charge < -0.3 is 9.64 Å². The number of methoxy groups -OCH3 is 1. The highest BCUT2D eigenvalue weighted by atomic mass is 32.2. The Morgan fingerprint density at radius 1 is 1.07 bits per heavy atom. The molecule has 164 valence electrons. The van der Waals surface area contributed by atoms with E-state index in [9.17, 15) is 0 Å². The maximum atomic E-state index is 5.73. The number of nitrogens with zero attached hydrogens (tertiary/aromatic N) is 2. The summed E-state index contributed by atoms with van der Waals surface area (Å²) in [5.41, 5.74) is 2.69. The largest absolute Gasteiger partial charge is 0.496 e. The Morgan fingerprint density at radius 2 is 1.73 bits per heavy atom. The summed E-state index contributed by atoms with van der Waals surface area (Å²) in [6.07, 6.45) is 9.54. The Labute approximate surface area is 191 Å². The lowest BCUT2D eigenvalue weighted by molar-refractivity contribution is 0.199. The van der Waals surface area contributed by atoms with Gasteiger partial charge in [-0.2, -0.15) is 0 Å². The molecule has 0 radical (unpaired) electrons. The molecule has 0 N–H and O–H groups in total. The van der Waals surface area contributed by atoms with Crippen LogP contribution in [0.1, 0.15) is 52.4 Å². The molecule has 3 nitrogen and oxygen atoms in total. The molecule has 1 aliphatic heterocycles. The third-order valence-electron chi connectivity index (χ3n) is 6.17. The van der Waals surface area contributed by atoms with Crippen molar-refractivity contribution in [2.75, 3.05) is 31.9 Å². The molecule has 1 heterocycles. The molecular formula is C25H36N2OS2. The van der Waals surface area contributed by atoms with E-state index >= 15 is 0 Å². The summed E-state index contributed by atoms with van der Waals surface area (Å²) in [6, 6.07) is 15.4. The average molecular weight is 445 g/mol. The summed E-state index contributed by atoms with van der Waals surface area (Å²) in [7, 11) is 4.07. The number of ether oxygens (including phenoxy) is 1. The van der Waals surface area contributed by atoms with Crippen LogP contribution < -0.4 is 9.64 Å². The Balaban J connectivity index is 2.15. The second-order valence-corrected chi connectivity index (χ2v) is 10.1. The minimum Gasteiger partial charge on any atom is -0.496 e. The second-order valence-electron chi connectivity index (χ2n) is 8.12. The summed E-state index contributed by atoms with van der Waals surface area (Å²) in [5, 5.41) is 0. The van der Waals surface area contributed by atoms with E-state index in [0.29, 0.717) is 0 Å². The van der Waals surface area contributed by atoms with Gasteiger partial charge in [-0.3, -0.25) is 0 Å². The molecule has 5 heteroatoms. The van der Waals surface area contributed by atoms with Gasteiger partial charge in [-0.25, -0.2) is 4.31 Å². The van der Waals surface area contributed by atoms with Crippen LogP contribution in [0.5, 0.6) is 5.75 Å². The normalized spacial score (nSPS) is 16.2. The fraction of sp³-hybridized carbons (Fsp3) is 0.520. The van der Waals surface area contributed by atoms with Crippen LogP contribution in [0.2, 0.25) is 0 Å². The van der Waals surface area contributed by atoms with Crippen molar-refractivity contribution in [3.63, 3.8) is 0 Å². The number of anilines is 2. The molecule has 0 aromatic heterocycles. The molecule has 3 rings (SSSR count). The highest BCUT2D eigenvalue weighted by Gasteiger charge is 2.40. The maximum Gasteiger partial charge on any atom is 0.133 e. The smallest absolute Gasteiger partial charge is 0.133 e. The summed E-state index contributed by atoms with van der Waals surface area (Å²) in [5.74, 6) is 0.963. The zero-order chi connectivity index (χ0) is 21.6. The zero-order valence-corrected chi connectivity index (χ0v) is 20.7. The predicted octanol–water partition coefficient (Wildman–Crippen LogP) is 7.63. The Kier molecular flexibility index (Phi) is 8.44. The molecule has 0 atom stereocenters. The van der Waals surface area contributed by atoms with E-state index in [2.05, 4.69) is 78.8 Å². The molecule has 30 heavy (non-hydrogen) atoms. The number of hydrogen-bond donors (Lipinski definition) is 0. The molecule has 2 aromatic rings. The van der Waals surface area contributed by atoms with Crippen LogP contribution in [-0.4, -0.2) is 36.8 Å². The number of fused-ring (bicyclic) bond motifs is 1. The van der Waals surface area contributed by atoms with Crippen LogP contribution in [-0.2, 0) is 0 Å². The van der Waals surface area contributed by atoms with Crippen molar-refractivity contribution in [1.29, 1.82) is 0 Å². The number of para-hydroxylation sites is 1. The first-order valence-electron chi connectivity index (χ1n) is 11.1. The van der Waals surface area contributed by atoms with Gasteiger partial charge in [0.05, 0.1) is 22.6 Å². The first-order chi connectivity index (χ1) is 14.6. The second kappa shape index (κ2) is 10.8. The monoisotopic (exact) mass is 444 g/mol. The van der Waals surface area contributed by atoms with E-state index in [1.54, 1.807) is 18.9 Å². The van der Waals surface area contributed by atoms with Crippen LogP contribution in [0.15, 0.2) is 52.3 Å². The molecule has 0 saturated heterocycles. The predicted molar refractivity (Wildman–Crippen MR) is 134 cm³/mol. The highest BCUT2D eigenvalue weighted by molar-refractivity contribution is 7.98. The van der Waals surface area contributed by atoms with Crippen molar-refractivity contribution in [2.24, 2.45) is 0 Å². The van der Waals surface area contributed by atoms with Gasteiger partial charge in [0.2, 0.25) is 0 Å². The Bertz CT molecular complexity index is 804. The van der Waals surface area contributed by atoms with Crippen molar-refractivity contribution in [3.05, 3.63) is 42.5 Å². The Morgan fingerprint density at radius 3 is 2.30 bits per heavy atom. The standard InChI is InChI=1S/C25H36N2OS2/c1-6-8-15-25(16-9-7-2)19-27(20-13-11-10-12-14-20)21-17-24(29-5)22(28-4)18-23(21)30-26(25)3/h10-14,17-18H,6-9,15-16,19H2,1-5H3. The lowest BCUT2D eigenvalue weighted by Crippen LogP contribution is -2.49. The van der Waals surface area contributed by atoms with Gasteiger partial charge in [0, 0.05) is 17.8 Å². The third kappa shape index (κ3) is 4.95. The molecule has 0 aliphatic carbocycles. The quantitative estimate of drug-likeness (QED) is 0.291. The van der Waals surface area contributed by atoms with Crippen molar-refractivity contribution < 1.29 is 4.74 Å². The number of likely N-dealkylation sites (N-methyl/N-ethyl adjacent to an activating group) is 1. The highest BCUT2D eigenvalue weighted by Crippen LogP contribution is 2.49.